The van der Waals surface area contributed by atoms with Crippen LogP contribution in [-0.4, -0.2) is 60.3 Å². The summed E-state index contributed by atoms with van der Waals surface area (Å²) < 4.78 is 39.1. The fourth-order valence-corrected chi connectivity index (χ4v) is 3.45. The van der Waals surface area contributed by atoms with Gasteiger partial charge in [-0.05, 0) is 51.2 Å². The molecule has 1 fully saturated rings. The number of likely N-dealkylation sites (N-methyl/N-ethyl adjacent to an activating group) is 1. The highest BCUT2D eigenvalue weighted by atomic mass is 19.4. The van der Waals surface area contributed by atoms with Gasteiger partial charge in [-0.2, -0.15) is 13.2 Å². The Morgan fingerprint density at radius 1 is 1.25 bits per heavy atom. The number of aliphatic hydroxyl groups is 1. The number of halogens is 3. The number of hydrogen-bond acceptors (Lipinski definition) is 3. The molecule has 1 aliphatic rings. The van der Waals surface area contributed by atoms with Crippen LogP contribution in [0.25, 0.3) is 0 Å². The third-order valence-electron chi connectivity index (χ3n) is 4.90. The van der Waals surface area contributed by atoms with E-state index in [1.54, 1.807) is 6.07 Å². The molecule has 0 radical (unpaired) electrons. The molecule has 0 aliphatic carbocycles. The summed E-state index contributed by atoms with van der Waals surface area (Å²) in [6.45, 7) is 5.67. The Hall–Kier alpha value is -1.11. The molecule has 0 amide bonds. The van der Waals surface area contributed by atoms with E-state index in [2.05, 4.69) is 16.7 Å². The molecule has 1 aromatic carbocycles. The molecule has 3 nitrogen and oxygen atoms in total. The van der Waals surface area contributed by atoms with E-state index in [-0.39, 0.29) is 12.0 Å². The second-order valence-electron chi connectivity index (χ2n) is 6.62. The van der Waals surface area contributed by atoms with Crippen LogP contribution in [-0.2, 0) is 12.6 Å². The van der Waals surface area contributed by atoms with Crippen molar-refractivity contribution in [3.63, 3.8) is 0 Å². The van der Waals surface area contributed by atoms with Gasteiger partial charge in [0, 0.05) is 19.0 Å². The van der Waals surface area contributed by atoms with Crippen LogP contribution in [0.1, 0.15) is 30.9 Å². The molecule has 0 bridgehead atoms. The van der Waals surface area contributed by atoms with Gasteiger partial charge in [0.2, 0.25) is 0 Å². The maximum atomic E-state index is 13.0. The van der Waals surface area contributed by atoms with E-state index in [0.717, 1.165) is 38.5 Å². The van der Waals surface area contributed by atoms with Gasteiger partial charge in [0.05, 0.1) is 11.7 Å². The summed E-state index contributed by atoms with van der Waals surface area (Å²) in [4.78, 5) is 4.48. The first-order chi connectivity index (χ1) is 11.3. The van der Waals surface area contributed by atoms with Crippen molar-refractivity contribution in [2.24, 2.45) is 0 Å². The second-order valence-corrected chi connectivity index (χ2v) is 6.62. The molecule has 0 spiro atoms. The Balaban J connectivity index is 1.91. The quantitative estimate of drug-likeness (QED) is 0.859. The molecule has 1 unspecified atom stereocenters. The smallest absolute Gasteiger partial charge is 0.391 e. The minimum atomic E-state index is -4.38. The van der Waals surface area contributed by atoms with Crippen molar-refractivity contribution in [1.82, 2.24) is 9.80 Å². The molecule has 0 aromatic heterocycles. The fraction of sp³-hybridized carbons (Fsp3) is 0.667. The third-order valence-corrected chi connectivity index (χ3v) is 4.90. The molecule has 1 atom stereocenters. The number of nitrogens with zero attached hydrogens (tertiary/aromatic N) is 2. The number of piperidine rings is 1. The molecule has 1 aromatic rings. The normalized spacial score (nSPS) is 19.0. The van der Waals surface area contributed by atoms with E-state index in [1.807, 2.05) is 7.05 Å². The minimum Gasteiger partial charge on any atom is -0.391 e. The van der Waals surface area contributed by atoms with Crippen LogP contribution in [0.2, 0.25) is 0 Å². The number of rotatable bonds is 6. The van der Waals surface area contributed by atoms with Crippen molar-refractivity contribution < 1.29 is 18.3 Å². The summed E-state index contributed by atoms with van der Waals surface area (Å²) in [6.07, 6.45) is -3.09. The number of hydrogen-bond donors (Lipinski definition) is 1. The third kappa shape index (κ3) is 5.19. The van der Waals surface area contributed by atoms with Gasteiger partial charge in [-0.15, -0.1) is 0 Å². The maximum Gasteiger partial charge on any atom is 0.416 e. The van der Waals surface area contributed by atoms with E-state index < -0.39 is 17.8 Å². The Morgan fingerprint density at radius 2 is 1.88 bits per heavy atom. The van der Waals surface area contributed by atoms with Crippen LogP contribution in [0.5, 0.6) is 0 Å². The van der Waals surface area contributed by atoms with E-state index in [0.29, 0.717) is 12.6 Å². The lowest BCUT2D eigenvalue weighted by molar-refractivity contribution is -0.138. The summed E-state index contributed by atoms with van der Waals surface area (Å²) in [5.41, 5.74) is -0.491. The van der Waals surface area contributed by atoms with Crippen molar-refractivity contribution >= 4 is 0 Å². The average Bonchev–Trinajstić information content (AvgIpc) is 2.54. The lowest BCUT2D eigenvalue weighted by Gasteiger charge is -2.37. The molecule has 2 rings (SSSR count). The molecular weight excluding hydrogens is 317 g/mol. The Labute approximate surface area is 142 Å². The van der Waals surface area contributed by atoms with Gasteiger partial charge in [-0.25, -0.2) is 0 Å². The van der Waals surface area contributed by atoms with Crippen molar-refractivity contribution in [1.29, 1.82) is 0 Å². The lowest BCUT2D eigenvalue weighted by atomic mass is 9.99. The standard InChI is InChI=1S/C18H27F3N2O/c1-3-23-10-8-15(9-11-23)22(2)13-16(24)12-14-6-4-5-7-17(14)18(19,20)21/h4-7,15-16,24H,3,8-13H2,1-2H3. The number of benzene rings is 1. The first-order valence-electron chi connectivity index (χ1n) is 8.57. The first-order valence-corrected chi connectivity index (χ1v) is 8.57. The van der Waals surface area contributed by atoms with Gasteiger partial charge >= 0.3 is 6.18 Å². The van der Waals surface area contributed by atoms with Crippen LogP contribution < -0.4 is 0 Å². The molecule has 1 aliphatic heterocycles. The van der Waals surface area contributed by atoms with Crippen LogP contribution >= 0.6 is 0 Å². The van der Waals surface area contributed by atoms with Gasteiger partial charge in [-0.1, -0.05) is 25.1 Å². The zero-order valence-electron chi connectivity index (χ0n) is 14.4. The summed E-state index contributed by atoms with van der Waals surface area (Å²) >= 11 is 0. The summed E-state index contributed by atoms with van der Waals surface area (Å²) in [6, 6.07) is 5.88. The van der Waals surface area contributed by atoms with E-state index in [1.165, 1.54) is 12.1 Å². The van der Waals surface area contributed by atoms with Crippen LogP contribution in [0.15, 0.2) is 24.3 Å². The Bertz CT molecular complexity index is 513. The molecular formula is C18H27F3N2O. The molecule has 1 N–H and O–H groups in total. The molecule has 1 heterocycles. The van der Waals surface area contributed by atoms with Gasteiger partial charge in [0.15, 0.2) is 0 Å². The highest BCUT2D eigenvalue weighted by molar-refractivity contribution is 5.30. The Kier molecular flexibility index (Phi) is 6.66. The SMILES string of the molecule is CCN1CCC(N(C)CC(O)Cc2ccccc2C(F)(F)F)CC1. The molecule has 136 valence electrons. The predicted octanol–water partition coefficient (Wildman–Crippen LogP) is 3.02. The van der Waals surface area contributed by atoms with Crippen LogP contribution in [0, 0.1) is 0 Å². The second kappa shape index (κ2) is 8.32. The molecule has 24 heavy (non-hydrogen) atoms. The Morgan fingerprint density at radius 3 is 2.46 bits per heavy atom. The molecule has 0 saturated carbocycles. The lowest BCUT2D eigenvalue weighted by Crippen LogP contribution is -2.45. The number of alkyl halides is 3. The first kappa shape index (κ1) is 19.2. The summed E-state index contributed by atoms with van der Waals surface area (Å²) in [7, 11) is 1.95. The fourth-order valence-electron chi connectivity index (χ4n) is 3.45. The maximum absolute atomic E-state index is 13.0. The van der Waals surface area contributed by atoms with Crippen LogP contribution in [0.4, 0.5) is 13.2 Å². The largest absolute Gasteiger partial charge is 0.416 e. The van der Waals surface area contributed by atoms with Crippen molar-refractivity contribution in [3.05, 3.63) is 35.4 Å². The van der Waals surface area contributed by atoms with Gasteiger partial charge in [-0.3, -0.25) is 0 Å². The average molecular weight is 344 g/mol. The topological polar surface area (TPSA) is 26.7 Å². The molecule has 1 saturated heterocycles. The summed E-state index contributed by atoms with van der Waals surface area (Å²) in [5.74, 6) is 0. The van der Waals surface area contributed by atoms with E-state index >= 15 is 0 Å². The van der Waals surface area contributed by atoms with Crippen LogP contribution in [0.3, 0.4) is 0 Å². The van der Waals surface area contributed by atoms with Crippen molar-refractivity contribution in [2.75, 3.05) is 33.2 Å². The van der Waals surface area contributed by atoms with Crippen molar-refractivity contribution in [3.8, 4) is 0 Å². The number of aliphatic hydroxyl groups excluding tert-OH is 1. The van der Waals surface area contributed by atoms with Crippen molar-refractivity contribution in [2.45, 2.75) is 44.5 Å². The highest BCUT2D eigenvalue weighted by Crippen LogP contribution is 2.32. The van der Waals surface area contributed by atoms with E-state index in [9.17, 15) is 18.3 Å². The van der Waals surface area contributed by atoms with Gasteiger partial charge < -0.3 is 14.9 Å². The minimum absolute atomic E-state index is 0.0217. The van der Waals surface area contributed by atoms with Gasteiger partial charge in [0.25, 0.3) is 0 Å². The zero-order chi connectivity index (χ0) is 17.7. The zero-order valence-corrected chi connectivity index (χ0v) is 14.4. The molecule has 6 heteroatoms. The predicted molar refractivity (Wildman–Crippen MR) is 88.9 cm³/mol. The van der Waals surface area contributed by atoms with E-state index in [4.69, 9.17) is 0 Å². The monoisotopic (exact) mass is 344 g/mol. The summed E-state index contributed by atoms with van der Waals surface area (Å²) in [5, 5.41) is 10.3. The van der Waals surface area contributed by atoms with Gasteiger partial charge in [0.1, 0.15) is 0 Å². The number of likely N-dealkylation sites (tertiary alicyclic amines) is 1. The highest BCUT2D eigenvalue weighted by Gasteiger charge is 2.33.